The Hall–Kier alpha value is -3.35. The summed E-state index contributed by atoms with van der Waals surface area (Å²) < 4.78 is 21.9. The standard InChI is InChI=1S/C22H22O11/c1-30-14-6-9(21-19(28)16(25)11-4-3-10(24)7-13(11)31-21)2-5-12(14)32-22-20(29)18(27)17(26)15(8-23)33-22/h2-7,15,17-18,20,22-24,26-29H,8H2,1H3/t15-,17-,18+,20-,22-/m1/s1. The fraction of sp³-hybridized carbons (Fsp3) is 0.318. The van der Waals surface area contributed by atoms with Crippen LogP contribution in [0.25, 0.3) is 22.3 Å². The van der Waals surface area contributed by atoms with E-state index in [4.69, 9.17) is 18.6 Å². The minimum absolute atomic E-state index is 0.0610. The number of hydrogen-bond acceptors (Lipinski definition) is 11. The first-order valence-electron chi connectivity index (χ1n) is 9.89. The number of aromatic hydroxyl groups is 2. The van der Waals surface area contributed by atoms with E-state index >= 15 is 0 Å². The highest BCUT2D eigenvalue weighted by atomic mass is 16.7. The lowest BCUT2D eigenvalue weighted by Crippen LogP contribution is -2.60. The van der Waals surface area contributed by atoms with E-state index in [0.717, 1.165) is 0 Å². The van der Waals surface area contributed by atoms with Crippen LogP contribution in [-0.2, 0) is 4.74 Å². The molecule has 1 aromatic heterocycles. The molecule has 33 heavy (non-hydrogen) atoms. The summed E-state index contributed by atoms with van der Waals surface area (Å²) in [6.45, 7) is -0.614. The summed E-state index contributed by atoms with van der Waals surface area (Å²) in [6, 6.07) is 8.10. The molecule has 0 unspecified atom stereocenters. The number of aliphatic hydroxyl groups is 4. The highest BCUT2D eigenvalue weighted by molar-refractivity contribution is 5.83. The van der Waals surface area contributed by atoms with Gasteiger partial charge in [0.15, 0.2) is 17.3 Å². The van der Waals surface area contributed by atoms with Crippen LogP contribution in [0.5, 0.6) is 23.0 Å². The fourth-order valence-electron chi connectivity index (χ4n) is 3.56. The summed E-state index contributed by atoms with van der Waals surface area (Å²) in [5.41, 5.74) is -0.381. The maximum Gasteiger partial charge on any atom is 0.235 e. The van der Waals surface area contributed by atoms with Crippen molar-refractivity contribution >= 4 is 11.0 Å². The number of methoxy groups -OCH3 is 1. The molecular weight excluding hydrogens is 440 g/mol. The summed E-state index contributed by atoms with van der Waals surface area (Å²) in [5.74, 6) is -0.773. The second-order valence-corrected chi connectivity index (χ2v) is 7.47. The zero-order valence-corrected chi connectivity index (χ0v) is 17.3. The predicted octanol–water partition coefficient (Wildman–Crippen LogP) is 0.0585. The van der Waals surface area contributed by atoms with E-state index in [2.05, 4.69) is 0 Å². The number of rotatable bonds is 5. The smallest absolute Gasteiger partial charge is 0.235 e. The number of fused-ring (bicyclic) bond motifs is 1. The molecule has 4 rings (SSSR count). The van der Waals surface area contributed by atoms with E-state index in [1.165, 1.54) is 43.5 Å². The average molecular weight is 462 g/mol. The second-order valence-electron chi connectivity index (χ2n) is 7.47. The quantitative estimate of drug-likeness (QED) is 0.302. The maximum absolute atomic E-state index is 12.5. The van der Waals surface area contributed by atoms with Gasteiger partial charge in [-0.3, -0.25) is 4.79 Å². The molecule has 11 heteroatoms. The van der Waals surface area contributed by atoms with Crippen molar-refractivity contribution in [1.82, 2.24) is 0 Å². The third kappa shape index (κ3) is 4.08. The van der Waals surface area contributed by atoms with Gasteiger partial charge in [-0.15, -0.1) is 0 Å². The van der Waals surface area contributed by atoms with Crippen molar-refractivity contribution in [3.63, 3.8) is 0 Å². The molecule has 0 bridgehead atoms. The molecule has 1 aliphatic rings. The van der Waals surface area contributed by atoms with E-state index < -0.39 is 48.5 Å². The van der Waals surface area contributed by atoms with Crippen molar-refractivity contribution < 1.29 is 49.3 Å². The van der Waals surface area contributed by atoms with Crippen molar-refractivity contribution in [2.75, 3.05) is 13.7 Å². The van der Waals surface area contributed by atoms with Crippen molar-refractivity contribution in [1.29, 1.82) is 0 Å². The lowest BCUT2D eigenvalue weighted by molar-refractivity contribution is -0.277. The van der Waals surface area contributed by atoms with Crippen LogP contribution < -0.4 is 14.9 Å². The molecule has 0 aliphatic carbocycles. The van der Waals surface area contributed by atoms with E-state index in [1.807, 2.05) is 0 Å². The molecule has 0 spiro atoms. The van der Waals surface area contributed by atoms with Crippen molar-refractivity contribution in [2.24, 2.45) is 0 Å². The lowest BCUT2D eigenvalue weighted by Gasteiger charge is -2.39. The first-order chi connectivity index (χ1) is 15.7. The summed E-state index contributed by atoms with van der Waals surface area (Å²) in [7, 11) is 1.33. The van der Waals surface area contributed by atoms with Crippen LogP contribution in [0.15, 0.2) is 45.6 Å². The zero-order chi connectivity index (χ0) is 23.9. The van der Waals surface area contributed by atoms with Crippen molar-refractivity contribution in [2.45, 2.75) is 30.7 Å². The molecule has 11 nitrogen and oxygen atoms in total. The zero-order valence-electron chi connectivity index (χ0n) is 17.3. The van der Waals surface area contributed by atoms with Crippen LogP contribution in [-0.4, -0.2) is 75.1 Å². The van der Waals surface area contributed by atoms with Gasteiger partial charge in [0.25, 0.3) is 0 Å². The molecule has 176 valence electrons. The molecular formula is C22H22O11. The van der Waals surface area contributed by atoms with E-state index in [1.54, 1.807) is 0 Å². The van der Waals surface area contributed by atoms with Gasteiger partial charge in [-0.2, -0.15) is 0 Å². The van der Waals surface area contributed by atoms with Gasteiger partial charge < -0.3 is 49.3 Å². The average Bonchev–Trinajstić information content (AvgIpc) is 2.81. The third-order valence-electron chi connectivity index (χ3n) is 5.37. The van der Waals surface area contributed by atoms with E-state index in [-0.39, 0.29) is 39.5 Å². The Kier molecular flexibility index (Phi) is 6.15. The van der Waals surface area contributed by atoms with Gasteiger partial charge in [0.05, 0.1) is 19.1 Å². The number of ether oxygens (including phenoxy) is 3. The van der Waals surface area contributed by atoms with Crippen molar-refractivity contribution in [3.05, 3.63) is 46.6 Å². The Morgan fingerprint density at radius 1 is 0.970 bits per heavy atom. The molecule has 1 aliphatic heterocycles. The Morgan fingerprint density at radius 2 is 1.73 bits per heavy atom. The van der Waals surface area contributed by atoms with Gasteiger partial charge in [0, 0.05) is 11.6 Å². The van der Waals surface area contributed by atoms with Crippen LogP contribution in [0, 0.1) is 0 Å². The van der Waals surface area contributed by atoms with Gasteiger partial charge in [-0.25, -0.2) is 0 Å². The maximum atomic E-state index is 12.5. The SMILES string of the molecule is COc1cc(-c2oc3cc(O)ccc3c(=O)c2O)ccc1O[C@@H]1O[C@H](CO)[C@@H](O)[C@H](O)[C@H]1O. The molecule has 5 atom stereocenters. The molecule has 2 heterocycles. The van der Waals surface area contributed by atoms with Gasteiger partial charge >= 0.3 is 0 Å². The normalized spacial score (nSPS) is 25.2. The summed E-state index contributed by atoms with van der Waals surface area (Å²) in [4.78, 5) is 12.5. The Morgan fingerprint density at radius 3 is 2.42 bits per heavy atom. The molecule has 3 aromatic rings. The first kappa shape index (κ1) is 22.8. The predicted molar refractivity (Wildman–Crippen MR) is 112 cm³/mol. The van der Waals surface area contributed by atoms with E-state index in [9.17, 15) is 35.4 Å². The Bertz CT molecular complexity index is 1220. The summed E-state index contributed by atoms with van der Waals surface area (Å²) >= 11 is 0. The van der Waals surface area contributed by atoms with Gasteiger partial charge in [0.2, 0.25) is 17.5 Å². The second kappa shape index (κ2) is 8.89. The van der Waals surface area contributed by atoms with Crippen LogP contribution in [0.2, 0.25) is 0 Å². The number of benzene rings is 2. The molecule has 0 radical (unpaired) electrons. The molecule has 6 N–H and O–H groups in total. The van der Waals surface area contributed by atoms with Gasteiger partial charge in [0.1, 0.15) is 35.7 Å². The van der Waals surface area contributed by atoms with Gasteiger partial charge in [-0.1, -0.05) is 0 Å². The topological polar surface area (TPSA) is 179 Å². The Labute approximate surface area is 186 Å². The molecule has 2 aromatic carbocycles. The number of phenols is 1. The van der Waals surface area contributed by atoms with Crippen molar-refractivity contribution in [3.8, 4) is 34.3 Å². The minimum Gasteiger partial charge on any atom is -0.508 e. The number of aliphatic hydroxyl groups excluding tert-OH is 4. The fourth-order valence-corrected chi connectivity index (χ4v) is 3.56. The van der Waals surface area contributed by atoms with E-state index in [0.29, 0.717) is 0 Å². The van der Waals surface area contributed by atoms with Crippen LogP contribution in [0.3, 0.4) is 0 Å². The van der Waals surface area contributed by atoms with Gasteiger partial charge in [-0.05, 0) is 30.3 Å². The summed E-state index contributed by atoms with van der Waals surface area (Å²) in [6.07, 6.45) is -7.37. The third-order valence-corrected chi connectivity index (χ3v) is 5.37. The minimum atomic E-state index is -1.62. The molecule has 1 saturated heterocycles. The van der Waals surface area contributed by atoms with Crippen LogP contribution >= 0.6 is 0 Å². The molecule has 0 saturated carbocycles. The molecule has 0 amide bonds. The highest BCUT2D eigenvalue weighted by Crippen LogP contribution is 2.38. The summed E-state index contributed by atoms with van der Waals surface area (Å²) in [5, 5.41) is 59.5. The largest absolute Gasteiger partial charge is 0.508 e. The molecule has 1 fully saturated rings. The first-order valence-corrected chi connectivity index (χ1v) is 9.89. The van der Waals surface area contributed by atoms with Crippen LogP contribution in [0.1, 0.15) is 0 Å². The highest BCUT2D eigenvalue weighted by Gasteiger charge is 2.45. The lowest BCUT2D eigenvalue weighted by atomic mass is 9.99. The van der Waals surface area contributed by atoms with Crippen LogP contribution in [0.4, 0.5) is 0 Å². The Balaban J connectivity index is 1.69. The number of phenolic OH excluding ortho intramolecular Hbond substituents is 1. The monoisotopic (exact) mass is 462 g/mol. The number of hydrogen-bond donors (Lipinski definition) is 6.